The molecule has 0 aliphatic carbocycles. The van der Waals surface area contributed by atoms with Crippen LogP contribution in [-0.4, -0.2) is 62.7 Å². The number of para-hydroxylation sites is 2. The van der Waals surface area contributed by atoms with Crippen LogP contribution in [-0.2, 0) is 14.3 Å². The molecule has 2 aliphatic rings. The van der Waals surface area contributed by atoms with E-state index < -0.39 is 0 Å². The summed E-state index contributed by atoms with van der Waals surface area (Å²) in [5.74, 6) is 0.681. The molecule has 0 spiro atoms. The number of likely N-dealkylation sites (tertiary alicyclic amines) is 1. The summed E-state index contributed by atoms with van der Waals surface area (Å²) < 4.78 is 5.45. The Bertz CT molecular complexity index is 658. The van der Waals surface area contributed by atoms with Gasteiger partial charge in [0.2, 0.25) is 11.8 Å². The number of benzene rings is 1. The first-order valence-electron chi connectivity index (χ1n) is 10.0. The molecule has 0 aromatic heterocycles. The molecule has 1 unspecified atom stereocenters. The maximum Gasteiger partial charge on any atom is 0.224 e. The maximum absolute atomic E-state index is 12.6. The fourth-order valence-electron chi connectivity index (χ4n) is 3.99. The molecule has 0 radical (unpaired) electrons. The van der Waals surface area contributed by atoms with E-state index in [0.29, 0.717) is 32.1 Å². The molecule has 0 saturated carbocycles. The van der Waals surface area contributed by atoms with Gasteiger partial charge in [-0.25, -0.2) is 0 Å². The van der Waals surface area contributed by atoms with Crippen molar-refractivity contribution in [3.05, 3.63) is 24.3 Å². The van der Waals surface area contributed by atoms with Crippen LogP contribution >= 0.6 is 0 Å². The highest BCUT2D eigenvalue weighted by molar-refractivity contribution is 5.96. The molecule has 2 heterocycles. The summed E-state index contributed by atoms with van der Waals surface area (Å²) in [6, 6.07) is 7.96. The predicted molar refractivity (Wildman–Crippen MR) is 107 cm³/mol. The first kappa shape index (κ1) is 19.7. The quantitative estimate of drug-likeness (QED) is 0.796. The van der Waals surface area contributed by atoms with Crippen molar-refractivity contribution in [2.45, 2.75) is 33.1 Å². The Hall–Kier alpha value is -2.08. The van der Waals surface area contributed by atoms with Crippen molar-refractivity contribution in [3.63, 3.8) is 0 Å². The Labute approximate surface area is 162 Å². The SMILES string of the molecule is CC(=O)N(CCC(=O)N1CCCC(C)C1)c1ccccc1N1CCOCC1. The van der Waals surface area contributed by atoms with Gasteiger partial charge in [0, 0.05) is 46.1 Å². The molecule has 2 aliphatic heterocycles. The van der Waals surface area contributed by atoms with Crippen LogP contribution in [0, 0.1) is 5.92 Å². The largest absolute Gasteiger partial charge is 0.378 e. The van der Waals surface area contributed by atoms with Gasteiger partial charge in [-0.15, -0.1) is 0 Å². The van der Waals surface area contributed by atoms with Crippen LogP contribution in [0.15, 0.2) is 24.3 Å². The Morgan fingerprint density at radius 3 is 2.63 bits per heavy atom. The molecule has 1 aromatic rings. The van der Waals surface area contributed by atoms with Crippen molar-refractivity contribution >= 4 is 23.2 Å². The summed E-state index contributed by atoms with van der Waals surface area (Å²) in [7, 11) is 0. The van der Waals surface area contributed by atoms with Crippen LogP contribution in [0.25, 0.3) is 0 Å². The standard InChI is InChI=1S/C21H31N3O3/c1-17-6-5-10-23(16-17)21(26)9-11-24(18(2)25)20-8-4-3-7-19(20)22-12-14-27-15-13-22/h3-4,7-8,17H,5-6,9-16H2,1-2H3. The van der Waals surface area contributed by atoms with Crippen molar-refractivity contribution in [2.24, 2.45) is 5.92 Å². The minimum absolute atomic E-state index is 0.0319. The van der Waals surface area contributed by atoms with Crippen molar-refractivity contribution in [1.82, 2.24) is 4.90 Å². The second-order valence-corrected chi connectivity index (χ2v) is 7.60. The predicted octanol–water partition coefficient (Wildman–Crippen LogP) is 2.52. The zero-order chi connectivity index (χ0) is 19.2. The van der Waals surface area contributed by atoms with Crippen LogP contribution in [0.5, 0.6) is 0 Å². The summed E-state index contributed by atoms with van der Waals surface area (Å²) in [5, 5.41) is 0. The molecular weight excluding hydrogens is 342 g/mol. The molecule has 27 heavy (non-hydrogen) atoms. The van der Waals surface area contributed by atoms with E-state index in [1.165, 1.54) is 6.42 Å². The van der Waals surface area contributed by atoms with Gasteiger partial charge >= 0.3 is 0 Å². The number of rotatable bonds is 5. The van der Waals surface area contributed by atoms with Crippen LogP contribution in [0.4, 0.5) is 11.4 Å². The summed E-state index contributed by atoms with van der Waals surface area (Å²) >= 11 is 0. The molecule has 1 aromatic carbocycles. The highest BCUT2D eigenvalue weighted by Crippen LogP contribution is 2.30. The molecule has 2 fully saturated rings. The number of carbonyl (C=O) groups excluding carboxylic acids is 2. The van der Waals surface area contributed by atoms with Gasteiger partial charge in [-0.2, -0.15) is 0 Å². The highest BCUT2D eigenvalue weighted by atomic mass is 16.5. The molecule has 3 rings (SSSR count). The molecule has 148 valence electrons. The average molecular weight is 373 g/mol. The average Bonchev–Trinajstić information content (AvgIpc) is 2.69. The second-order valence-electron chi connectivity index (χ2n) is 7.60. The molecule has 0 bridgehead atoms. The molecule has 0 N–H and O–H groups in total. The lowest BCUT2D eigenvalue weighted by atomic mass is 10.00. The van der Waals surface area contributed by atoms with E-state index in [9.17, 15) is 9.59 Å². The lowest BCUT2D eigenvalue weighted by Gasteiger charge is -2.34. The van der Waals surface area contributed by atoms with Crippen molar-refractivity contribution < 1.29 is 14.3 Å². The lowest BCUT2D eigenvalue weighted by Crippen LogP contribution is -2.42. The van der Waals surface area contributed by atoms with Crippen LogP contribution < -0.4 is 9.80 Å². The van der Waals surface area contributed by atoms with E-state index >= 15 is 0 Å². The van der Waals surface area contributed by atoms with Gasteiger partial charge < -0.3 is 19.4 Å². The molecule has 2 saturated heterocycles. The number of carbonyl (C=O) groups is 2. The van der Waals surface area contributed by atoms with E-state index in [-0.39, 0.29) is 11.8 Å². The zero-order valence-corrected chi connectivity index (χ0v) is 16.5. The van der Waals surface area contributed by atoms with Crippen LogP contribution in [0.2, 0.25) is 0 Å². The number of morpholine rings is 1. The molecule has 2 amide bonds. The number of anilines is 2. The first-order chi connectivity index (χ1) is 13.1. The van der Waals surface area contributed by atoms with Gasteiger partial charge in [-0.1, -0.05) is 19.1 Å². The van der Waals surface area contributed by atoms with E-state index in [1.807, 2.05) is 29.2 Å². The minimum atomic E-state index is -0.0319. The molecule has 1 atom stereocenters. The Morgan fingerprint density at radius 1 is 1.19 bits per heavy atom. The van der Waals surface area contributed by atoms with Gasteiger partial charge in [0.1, 0.15) is 0 Å². The second kappa shape index (κ2) is 9.22. The number of hydrogen-bond acceptors (Lipinski definition) is 4. The third-order valence-electron chi connectivity index (χ3n) is 5.46. The summed E-state index contributed by atoms with van der Waals surface area (Å²) in [4.78, 5) is 31.0. The normalized spacial score (nSPS) is 20.4. The van der Waals surface area contributed by atoms with E-state index in [0.717, 1.165) is 44.0 Å². The lowest BCUT2D eigenvalue weighted by molar-refractivity contribution is -0.132. The number of hydrogen-bond donors (Lipinski definition) is 0. The minimum Gasteiger partial charge on any atom is -0.378 e. The number of piperidine rings is 1. The highest BCUT2D eigenvalue weighted by Gasteiger charge is 2.24. The van der Waals surface area contributed by atoms with Gasteiger partial charge in [0.05, 0.1) is 24.6 Å². The zero-order valence-electron chi connectivity index (χ0n) is 16.5. The third-order valence-corrected chi connectivity index (χ3v) is 5.46. The number of ether oxygens (including phenoxy) is 1. The maximum atomic E-state index is 12.6. The molecular formula is C21H31N3O3. The van der Waals surface area contributed by atoms with Crippen molar-refractivity contribution in [1.29, 1.82) is 0 Å². The van der Waals surface area contributed by atoms with Gasteiger partial charge in [0.25, 0.3) is 0 Å². The van der Waals surface area contributed by atoms with Gasteiger partial charge in [-0.3, -0.25) is 9.59 Å². The fraction of sp³-hybridized carbons (Fsp3) is 0.619. The van der Waals surface area contributed by atoms with Gasteiger partial charge in [0.15, 0.2) is 0 Å². The van der Waals surface area contributed by atoms with Gasteiger partial charge in [-0.05, 0) is 30.9 Å². The smallest absolute Gasteiger partial charge is 0.224 e. The topological polar surface area (TPSA) is 53.1 Å². The summed E-state index contributed by atoms with van der Waals surface area (Å²) in [6.45, 7) is 8.88. The van der Waals surface area contributed by atoms with Crippen LogP contribution in [0.3, 0.4) is 0 Å². The van der Waals surface area contributed by atoms with Crippen molar-refractivity contribution in [2.75, 3.05) is 55.7 Å². The monoisotopic (exact) mass is 373 g/mol. The molecule has 6 nitrogen and oxygen atoms in total. The Kier molecular flexibility index (Phi) is 6.72. The number of amides is 2. The summed E-state index contributed by atoms with van der Waals surface area (Å²) in [5.41, 5.74) is 1.92. The fourth-order valence-corrected chi connectivity index (χ4v) is 3.99. The summed E-state index contributed by atoms with van der Waals surface area (Å²) in [6.07, 6.45) is 2.63. The van der Waals surface area contributed by atoms with E-state index in [4.69, 9.17) is 4.74 Å². The molecule has 6 heteroatoms. The van der Waals surface area contributed by atoms with Crippen molar-refractivity contribution in [3.8, 4) is 0 Å². The Balaban J connectivity index is 1.70. The van der Waals surface area contributed by atoms with E-state index in [1.54, 1.807) is 11.8 Å². The third kappa shape index (κ3) is 5.01. The number of nitrogens with zero attached hydrogens (tertiary/aromatic N) is 3. The Morgan fingerprint density at radius 2 is 1.93 bits per heavy atom. The van der Waals surface area contributed by atoms with E-state index in [2.05, 4.69) is 11.8 Å². The van der Waals surface area contributed by atoms with Crippen LogP contribution in [0.1, 0.15) is 33.1 Å². The first-order valence-corrected chi connectivity index (χ1v) is 10.0.